The Morgan fingerprint density at radius 2 is 2.11 bits per heavy atom. The molecule has 4 nitrogen and oxygen atoms in total. The Balaban J connectivity index is 1.91. The van der Waals surface area contributed by atoms with E-state index in [9.17, 15) is 9.90 Å². The van der Waals surface area contributed by atoms with Crippen LogP contribution >= 0.6 is 0 Å². The molecule has 19 heavy (non-hydrogen) atoms. The van der Waals surface area contributed by atoms with Crippen LogP contribution in [0.5, 0.6) is 0 Å². The SMILES string of the molecule is O=C(O)C1(Cc2cn3ccccc3n2)CCCCC1. The third kappa shape index (κ3) is 2.23. The Morgan fingerprint density at radius 3 is 2.79 bits per heavy atom. The molecule has 2 aromatic heterocycles. The summed E-state index contributed by atoms with van der Waals surface area (Å²) in [6, 6.07) is 5.84. The fraction of sp³-hybridized carbons (Fsp3) is 0.467. The molecule has 1 fully saturated rings. The fourth-order valence-electron chi connectivity index (χ4n) is 3.11. The minimum atomic E-state index is -0.663. The Hall–Kier alpha value is -1.84. The van der Waals surface area contributed by atoms with Gasteiger partial charge in [0.2, 0.25) is 0 Å². The number of carbonyl (C=O) groups is 1. The van der Waals surface area contributed by atoms with Gasteiger partial charge >= 0.3 is 5.97 Å². The maximum Gasteiger partial charge on any atom is 0.310 e. The van der Waals surface area contributed by atoms with E-state index in [4.69, 9.17) is 0 Å². The van der Waals surface area contributed by atoms with Crippen LogP contribution in [0.1, 0.15) is 37.8 Å². The predicted octanol–water partition coefficient (Wildman–Crippen LogP) is 2.91. The van der Waals surface area contributed by atoms with Crippen LogP contribution in [0.25, 0.3) is 5.65 Å². The number of carboxylic acids is 1. The molecule has 0 saturated heterocycles. The lowest BCUT2D eigenvalue weighted by molar-refractivity contribution is -0.151. The number of carboxylic acid groups (broad SMARTS) is 1. The van der Waals surface area contributed by atoms with E-state index >= 15 is 0 Å². The average molecular weight is 258 g/mol. The molecule has 1 aliphatic rings. The molecule has 1 aliphatic carbocycles. The van der Waals surface area contributed by atoms with Gasteiger partial charge in [0, 0.05) is 18.8 Å². The third-order valence-corrected chi connectivity index (χ3v) is 4.20. The molecule has 1 N–H and O–H groups in total. The second-order valence-electron chi connectivity index (χ2n) is 5.52. The van der Waals surface area contributed by atoms with Crippen molar-refractivity contribution in [2.75, 3.05) is 0 Å². The second kappa shape index (κ2) is 4.68. The van der Waals surface area contributed by atoms with Crippen LogP contribution in [0.3, 0.4) is 0 Å². The van der Waals surface area contributed by atoms with Crippen LogP contribution in [0.15, 0.2) is 30.6 Å². The Kier molecular flexibility index (Phi) is 3.01. The zero-order valence-electron chi connectivity index (χ0n) is 10.9. The summed E-state index contributed by atoms with van der Waals surface area (Å²) in [5, 5.41) is 9.59. The van der Waals surface area contributed by atoms with E-state index in [1.165, 1.54) is 0 Å². The van der Waals surface area contributed by atoms with Gasteiger partial charge in [0.1, 0.15) is 5.65 Å². The van der Waals surface area contributed by atoms with Gasteiger partial charge in [-0.2, -0.15) is 0 Å². The summed E-state index contributed by atoms with van der Waals surface area (Å²) >= 11 is 0. The molecule has 1 saturated carbocycles. The average Bonchev–Trinajstić information content (AvgIpc) is 2.81. The van der Waals surface area contributed by atoms with Gasteiger partial charge in [-0.1, -0.05) is 25.3 Å². The van der Waals surface area contributed by atoms with Crippen LogP contribution in [0.4, 0.5) is 0 Å². The third-order valence-electron chi connectivity index (χ3n) is 4.20. The summed E-state index contributed by atoms with van der Waals surface area (Å²) in [5.41, 5.74) is 1.17. The van der Waals surface area contributed by atoms with Gasteiger partial charge in [0.15, 0.2) is 0 Å². The molecule has 0 bridgehead atoms. The first-order valence-electron chi connectivity index (χ1n) is 6.86. The summed E-state index contributed by atoms with van der Waals surface area (Å²) in [6.45, 7) is 0. The zero-order valence-corrected chi connectivity index (χ0v) is 10.9. The lowest BCUT2D eigenvalue weighted by atomic mass is 9.71. The molecule has 2 aromatic rings. The van der Waals surface area contributed by atoms with Crippen molar-refractivity contribution in [3.05, 3.63) is 36.3 Å². The molecule has 0 unspecified atom stereocenters. The monoisotopic (exact) mass is 258 g/mol. The number of hydrogen-bond donors (Lipinski definition) is 1. The van der Waals surface area contributed by atoms with Gasteiger partial charge in [-0.15, -0.1) is 0 Å². The highest BCUT2D eigenvalue weighted by atomic mass is 16.4. The number of fused-ring (bicyclic) bond motifs is 1. The summed E-state index contributed by atoms with van der Waals surface area (Å²) in [6.07, 6.45) is 9.17. The number of aliphatic carboxylic acids is 1. The van der Waals surface area contributed by atoms with E-state index in [1.807, 2.05) is 35.0 Å². The minimum absolute atomic E-state index is 0.546. The zero-order chi connectivity index (χ0) is 13.3. The standard InChI is InChI=1S/C15H18N2O2/c18-14(19)15(7-3-1-4-8-15)10-12-11-17-9-5-2-6-13(17)16-12/h2,5-6,9,11H,1,3-4,7-8,10H2,(H,18,19). The van der Waals surface area contributed by atoms with E-state index in [-0.39, 0.29) is 0 Å². The topological polar surface area (TPSA) is 54.6 Å². The first kappa shape index (κ1) is 12.2. The van der Waals surface area contributed by atoms with Gasteiger partial charge in [-0.25, -0.2) is 4.98 Å². The highest BCUT2D eigenvalue weighted by Gasteiger charge is 2.40. The number of pyridine rings is 1. The molecule has 0 aliphatic heterocycles. The maximum atomic E-state index is 11.7. The molecule has 0 atom stereocenters. The van der Waals surface area contributed by atoms with Crippen LogP contribution < -0.4 is 0 Å². The first-order chi connectivity index (χ1) is 9.20. The highest BCUT2D eigenvalue weighted by molar-refractivity contribution is 5.75. The normalized spacial score (nSPS) is 18.5. The Bertz CT molecular complexity index is 564. The van der Waals surface area contributed by atoms with Crippen molar-refractivity contribution < 1.29 is 9.90 Å². The Morgan fingerprint density at radius 1 is 1.32 bits per heavy atom. The highest BCUT2D eigenvalue weighted by Crippen LogP contribution is 2.39. The molecule has 0 spiro atoms. The molecule has 3 rings (SSSR count). The van der Waals surface area contributed by atoms with Crippen LogP contribution in [-0.2, 0) is 11.2 Å². The van der Waals surface area contributed by atoms with Crippen molar-refractivity contribution in [2.24, 2.45) is 5.41 Å². The van der Waals surface area contributed by atoms with Crippen molar-refractivity contribution in [1.82, 2.24) is 9.38 Å². The van der Waals surface area contributed by atoms with Crippen molar-refractivity contribution in [3.63, 3.8) is 0 Å². The molecular weight excluding hydrogens is 240 g/mol. The van der Waals surface area contributed by atoms with Gasteiger partial charge in [0.25, 0.3) is 0 Å². The van der Waals surface area contributed by atoms with Gasteiger partial charge in [-0.05, 0) is 25.0 Å². The van der Waals surface area contributed by atoms with Gasteiger partial charge < -0.3 is 9.51 Å². The smallest absolute Gasteiger partial charge is 0.310 e. The lowest BCUT2D eigenvalue weighted by Crippen LogP contribution is -2.35. The predicted molar refractivity (Wildman–Crippen MR) is 72.0 cm³/mol. The maximum absolute atomic E-state index is 11.7. The van der Waals surface area contributed by atoms with Crippen LogP contribution in [-0.4, -0.2) is 20.5 Å². The first-order valence-corrected chi connectivity index (χ1v) is 6.86. The largest absolute Gasteiger partial charge is 0.481 e. The molecular formula is C15H18N2O2. The van der Waals surface area contributed by atoms with Crippen LogP contribution in [0.2, 0.25) is 0 Å². The van der Waals surface area contributed by atoms with Crippen molar-refractivity contribution in [1.29, 1.82) is 0 Å². The van der Waals surface area contributed by atoms with E-state index in [2.05, 4.69) is 4.98 Å². The van der Waals surface area contributed by atoms with Gasteiger partial charge in [0.05, 0.1) is 11.1 Å². The molecule has 0 radical (unpaired) electrons. The summed E-state index contributed by atoms with van der Waals surface area (Å²) in [7, 11) is 0. The van der Waals surface area contributed by atoms with Crippen molar-refractivity contribution >= 4 is 11.6 Å². The lowest BCUT2D eigenvalue weighted by Gasteiger charge is -2.32. The van der Waals surface area contributed by atoms with Crippen LogP contribution in [0, 0.1) is 5.41 Å². The van der Waals surface area contributed by atoms with E-state index in [0.717, 1.165) is 43.4 Å². The number of imidazole rings is 1. The minimum Gasteiger partial charge on any atom is -0.481 e. The number of rotatable bonds is 3. The second-order valence-corrected chi connectivity index (χ2v) is 5.52. The molecule has 0 amide bonds. The number of aromatic nitrogens is 2. The summed E-state index contributed by atoms with van der Waals surface area (Å²) in [5.74, 6) is -0.663. The summed E-state index contributed by atoms with van der Waals surface area (Å²) < 4.78 is 1.95. The van der Waals surface area contributed by atoms with E-state index in [1.54, 1.807) is 0 Å². The Labute approximate surface area is 112 Å². The molecule has 4 heteroatoms. The van der Waals surface area contributed by atoms with E-state index in [0.29, 0.717) is 6.42 Å². The molecule has 100 valence electrons. The van der Waals surface area contributed by atoms with Crippen molar-refractivity contribution in [2.45, 2.75) is 38.5 Å². The quantitative estimate of drug-likeness (QED) is 0.921. The number of hydrogen-bond acceptors (Lipinski definition) is 2. The fourth-order valence-corrected chi connectivity index (χ4v) is 3.11. The van der Waals surface area contributed by atoms with Gasteiger partial charge in [-0.3, -0.25) is 4.79 Å². The summed E-state index contributed by atoms with van der Waals surface area (Å²) in [4.78, 5) is 16.2. The van der Waals surface area contributed by atoms with E-state index < -0.39 is 11.4 Å². The molecule has 2 heterocycles. The number of nitrogens with zero attached hydrogens (tertiary/aromatic N) is 2. The van der Waals surface area contributed by atoms with Crippen molar-refractivity contribution in [3.8, 4) is 0 Å². The molecule has 0 aromatic carbocycles.